The third-order valence-electron chi connectivity index (χ3n) is 4.94. The van der Waals surface area contributed by atoms with Crippen molar-refractivity contribution in [3.05, 3.63) is 21.9 Å². The summed E-state index contributed by atoms with van der Waals surface area (Å²) in [6.45, 7) is 2.19. The lowest BCUT2D eigenvalue weighted by Gasteiger charge is -2.39. The molecule has 3 nitrogen and oxygen atoms in total. The predicted molar refractivity (Wildman–Crippen MR) is 86.3 cm³/mol. The largest absolute Gasteiger partial charge is 0.339 e. The first-order valence-corrected chi connectivity index (χ1v) is 8.67. The number of likely N-dealkylation sites (tertiary alicyclic amines) is 1. The van der Waals surface area contributed by atoms with Crippen LogP contribution in [-0.4, -0.2) is 30.4 Å². The van der Waals surface area contributed by atoms with Gasteiger partial charge in [0.2, 0.25) is 0 Å². The highest BCUT2D eigenvalue weighted by Gasteiger charge is 2.38. The number of carbonyl (C=O) groups excluding carboxylic acids is 1. The van der Waals surface area contributed by atoms with E-state index in [0.29, 0.717) is 12.0 Å². The fraction of sp³-hybridized carbons (Fsp3) is 0.588. The molecule has 3 rings (SSSR count). The van der Waals surface area contributed by atoms with Crippen molar-refractivity contribution in [1.29, 1.82) is 0 Å². The van der Waals surface area contributed by atoms with Crippen molar-refractivity contribution in [3.63, 3.8) is 0 Å². The van der Waals surface area contributed by atoms with E-state index < -0.39 is 0 Å². The number of hydrogen-bond donors (Lipinski definition) is 1. The van der Waals surface area contributed by atoms with Crippen LogP contribution < -0.4 is 5.73 Å². The Morgan fingerprint density at radius 2 is 2.00 bits per heavy atom. The van der Waals surface area contributed by atoms with Crippen LogP contribution in [0, 0.1) is 17.3 Å². The van der Waals surface area contributed by atoms with E-state index in [9.17, 15) is 4.79 Å². The summed E-state index contributed by atoms with van der Waals surface area (Å²) >= 11 is 1.52. The van der Waals surface area contributed by atoms with Crippen LogP contribution in [0.4, 0.5) is 0 Å². The molecule has 0 atom stereocenters. The van der Waals surface area contributed by atoms with Gasteiger partial charge in [0.25, 0.3) is 5.91 Å². The molecule has 21 heavy (non-hydrogen) atoms. The normalized spacial score (nSPS) is 20.3. The van der Waals surface area contributed by atoms with E-state index in [1.54, 1.807) is 0 Å². The van der Waals surface area contributed by atoms with Gasteiger partial charge in [0.15, 0.2) is 0 Å². The SMILES string of the molecule is NCC#Cc1cc(C(=O)N2CCC3(CCCC3)CC2)cs1. The van der Waals surface area contributed by atoms with Gasteiger partial charge in [-0.05, 0) is 37.2 Å². The van der Waals surface area contributed by atoms with E-state index >= 15 is 0 Å². The smallest absolute Gasteiger partial charge is 0.254 e. The van der Waals surface area contributed by atoms with Crippen LogP contribution in [0.1, 0.15) is 53.8 Å². The number of nitrogens with two attached hydrogens (primary N) is 1. The molecule has 2 fully saturated rings. The minimum Gasteiger partial charge on any atom is -0.339 e. The maximum absolute atomic E-state index is 12.5. The number of amides is 1. The summed E-state index contributed by atoms with van der Waals surface area (Å²) in [5, 5.41) is 1.92. The molecule has 1 aromatic heterocycles. The van der Waals surface area contributed by atoms with Crippen molar-refractivity contribution >= 4 is 17.2 Å². The predicted octanol–water partition coefficient (Wildman–Crippen LogP) is 2.85. The summed E-state index contributed by atoms with van der Waals surface area (Å²) in [4.78, 5) is 15.5. The first-order valence-electron chi connectivity index (χ1n) is 7.79. The second-order valence-electron chi connectivity index (χ2n) is 6.20. The number of thiophene rings is 1. The summed E-state index contributed by atoms with van der Waals surface area (Å²) < 4.78 is 0. The fourth-order valence-electron chi connectivity index (χ4n) is 3.64. The van der Waals surface area contributed by atoms with Crippen molar-refractivity contribution in [2.24, 2.45) is 11.1 Å². The van der Waals surface area contributed by atoms with Crippen molar-refractivity contribution < 1.29 is 4.79 Å². The molecule has 1 aromatic rings. The molecule has 0 aromatic carbocycles. The molecule has 1 spiro atoms. The zero-order valence-electron chi connectivity index (χ0n) is 12.4. The first kappa shape index (κ1) is 14.6. The van der Waals surface area contributed by atoms with Crippen molar-refractivity contribution in [2.45, 2.75) is 38.5 Å². The average molecular weight is 302 g/mol. The maximum atomic E-state index is 12.5. The van der Waals surface area contributed by atoms with E-state index in [0.717, 1.165) is 23.5 Å². The number of piperidine rings is 1. The Bertz CT molecular complexity index is 565. The van der Waals surface area contributed by atoms with Gasteiger partial charge in [0.05, 0.1) is 17.0 Å². The van der Waals surface area contributed by atoms with Gasteiger partial charge < -0.3 is 10.6 Å². The third kappa shape index (κ3) is 3.14. The Hall–Kier alpha value is -1.31. The van der Waals surface area contributed by atoms with Gasteiger partial charge in [-0.1, -0.05) is 24.7 Å². The van der Waals surface area contributed by atoms with Crippen molar-refractivity contribution in [2.75, 3.05) is 19.6 Å². The molecule has 4 heteroatoms. The molecule has 0 unspecified atom stereocenters. The van der Waals surface area contributed by atoms with Gasteiger partial charge in [-0.2, -0.15) is 0 Å². The average Bonchev–Trinajstić information content (AvgIpc) is 3.15. The van der Waals surface area contributed by atoms with Crippen LogP contribution >= 0.6 is 11.3 Å². The topological polar surface area (TPSA) is 46.3 Å². The minimum atomic E-state index is 0.167. The molecule has 1 saturated heterocycles. The maximum Gasteiger partial charge on any atom is 0.254 e. The number of rotatable bonds is 1. The van der Waals surface area contributed by atoms with Gasteiger partial charge in [-0.25, -0.2) is 0 Å². The summed E-state index contributed by atoms with van der Waals surface area (Å²) in [6.07, 6.45) is 7.85. The summed E-state index contributed by atoms with van der Waals surface area (Å²) in [7, 11) is 0. The second kappa shape index (κ2) is 6.21. The molecule has 2 heterocycles. The lowest BCUT2D eigenvalue weighted by Crippen LogP contribution is -2.42. The molecule has 1 amide bonds. The highest BCUT2D eigenvalue weighted by Crippen LogP contribution is 2.46. The van der Waals surface area contributed by atoms with E-state index in [1.807, 2.05) is 16.3 Å². The van der Waals surface area contributed by atoms with Crippen molar-refractivity contribution in [1.82, 2.24) is 4.90 Å². The van der Waals surface area contributed by atoms with Crippen molar-refractivity contribution in [3.8, 4) is 11.8 Å². The highest BCUT2D eigenvalue weighted by molar-refractivity contribution is 7.10. The van der Waals surface area contributed by atoms with Crippen LogP contribution in [0.15, 0.2) is 11.4 Å². The van der Waals surface area contributed by atoms with E-state index in [2.05, 4.69) is 11.8 Å². The van der Waals surface area contributed by atoms with Crippen LogP contribution in [-0.2, 0) is 0 Å². The fourth-order valence-corrected chi connectivity index (χ4v) is 4.39. The van der Waals surface area contributed by atoms with Crippen LogP contribution in [0.5, 0.6) is 0 Å². The van der Waals surface area contributed by atoms with Gasteiger partial charge in [0, 0.05) is 18.5 Å². The Labute approximate surface area is 130 Å². The standard InChI is InChI=1S/C17H22N2OS/c18-9-3-4-15-12-14(13-21-15)16(20)19-10-7-17(8-11-19)5-1-2-6-17/h12-13H,1-2,5-11,18H2. The number of nitrogens with zero attached hydrogens (tertiary/aromatic N) is 1. The molecular formula is C17H22N2OS. The first-order chi connectivity index (χ1) is 10.2. The molecule has 1 aliphatic carbocycles. The summed E-state index contributed by atoms with van der Waals surface area (Å²) in [5.41, 5.74) is 6.71. The quantitative estimate of drug-likeness (QED) is 0.811. The molecule has 0 radical (unpaired) electrons. The van der Waals surface area contributed by atoms with Crippen LogP contribution in [0.3, 0.4) is 0 Å². The Morgan fingerprint density at radius 1 is 1.29 bits per heavy atom. The van der Waals surface area contributed by atoms with Gasteiger partial charge in [0.1, 0.15) is 0 Å². The van der Waals surface area contributed by atoms with Gasteiger partial charge >= 0.3 is 0 Å². The third-order valence-corrected chi connectivity index (χ3v) is 5.78. The molecule has 1 aliphatic heterocycles. The molecular weight excluding hydrogens is 280 g/mol. The Balaban J connectivity index is 1.62. The molecule has 112 valence electrons. The summed E-state index contributed by atoms with van der Waals surface area (Å²) in [5.74, 6) is 5.99. The minimum absolute atomic E-state index is 0.167. The van der Waals surface area contributed by atoms with Crippen LogP contribution in [0.2, 0.25) is 0 Å². The Morgan fingerprint density at radius 3 is 2.67 bits per heavy atom. The van der Waals surface area contributed by atoms with E-state index in [4.69, 9.17) is 5.73 Å². The molecule has 2 aliphatic rings. The molecule has 0 bridgehead atoms. The summed E-state index contributed by atoms with van der Waals surface area (Å²) in [6, 6.07) is 1.90. The number of hydrogen-bond acceptors (Lipinski definition) is 3. The Kier molecular flexibility index (Phi) is 4.32. The van der Waals surface area contributed by atoms with E-state index in [-0.39, 0.29) is 5.91 Å². The lowest BCUT2D eigenvalue weighted by atomic mass is 9.77. The number of carbonyl (C=O) groups is 1. The zero-order valence-corrected chi connectivity index (χ0v) is 13.2. The van der Waals surface area contributed by atoms with Crippen LogP contribution in [0.25, 0.3) is 0 Å². The molecule has 1 saturated carbocycles. The monoisotopic (exact) mass is 302 g/mol. The zero-order chi connectivity index (χ0) is 14.7. The molecule has 2 N–H and O–H groups in total. The highest BCUT2D eigenvalue weighted by atomic mass is 32.1. The van der Waals surface area contributed by atoms with Gasteiger partial charge in [-0.15, -0.1) is 11.3 Å². The van der Waals surface area contributed by atoms with E-state index in [1.165, 1.54) is 49.9 Å². The second-order valence-corrected chi connectivity index (χ2v) is 7.12. The van der Waals surface area contributed by atoms with Gasteiger partial charge in [-0.3, -0.25) is 4.79 Å². The lowest BCUT2D eigenvalue weighted by molar-refractivity contribution is 0.0588.